The summed E-state index contributed by atoms with van der Waals surface area (Å²) in [5.74, 6) is 0.931. The van der Waals surface area contributed by atoms with Crippen molar-refractivity contribution in [1.29, 1.82) is 0 Å². The number of methoxy groups -OCH3 is 1. The molecule has 1 fully saturated rings. The molecule has 0 bridgehead atoms. The Morgan fingerprint density at radius 3 is 2.81 bits per heavy atom. The monoisotopic (exact) mass is 290 g/mol. The number of benzene rings is 1. The summed E-state index contributed by atoms with van der Waals surface area (Å²) >= 11 is 0. The molecule has 2 rings (SSSR count). The Morgan fingerprint density at radius 2 is 2.19 bits per heavy atom. The first kappa shape index (κ1) is 15.8. The molecular weight excluding hydrogens is 264 g/mol. The van der Waals surface area contributed by atoms with Crippen molar-refractivity contribution in [2.45, 2.75) is 39.7 Å². The van der Waals surface area contributed by atoms with Gasteiger partial charge < -0.3 is 15.4 Å². The van der Waals surface area contributed by atoms with Gasteiger partial charge in [0.2, 0.25) is 5.91 Å². The maximum atomic E-state index is 12.6. The molecule has 4 nitrogen and oxygen atoms in total. The number of nitrogens with two attached hydrogens (primary N) is 1. The van der Waals surface area contributed by atoms with E-state index in [0.717, 1.165) is 36.4 Å². The second-order valence-electron chi connectivity index (χ2n) is 6.69. The number of hydrogen-bond donors (Lipinski definition) is 1. The number of rotatable bonds is 3. The minimum Gasteiger partial charge on any atom is -0.496 e. The fourth-order valence-electron chi connectivity index (χ4n) is 2.91. The lowest BCUT2D eigenvalue weighted by Crippen LogP contribution is -2.54. The van der Waals surface area contributed by atoms with Crippen LogP contribution in [0, 0.1) is 12.3 Å². The molecule has 0 aliphatic carbocycles. The van der Waals surface area contributed by atoms with Gasteiger partial charge in [0, 0.05) is 24.7 Å². The quantitative estimate of drug-likeness (QED) is 0.928. The number of nitrogens with zero attached hydrogens (tertiary/aromatic N) is 1. The molecule has 1 saturated heterocycles. The van der Waals surface area contributed by atoms with Gasteiger partial charge in [0.1, 0.15) is 5.75 Å². The lowest BCUT2D eigenvalue weighted by atomic mass is 9.79. The first-order valence-electron chi connectivity index (χ1n) is 7.50. The van der Waals surface area contributed by atoms with Gasteiger partial charge in [0.25, 0.3) is 0 Å². The van der Waals surface area contributed by atoms with Crippen molar-refractivity contribution in [3.8, 4) is 5.75 Å². The molecule has 0 aromatic heterocycles. The molecule has 1 heterocycles. The molecule has 1 aromatic carbocycles. The van der Waals surface area contributed by atoms with E-state index in [1.54, 1.807) is 7.11 Å². The highest BCUT2D eigenvalue weighted by Crippen LogP contribution is 2.28. The van der Waals surface area contributed by atoms with Crippen LogP contribution in [0.15, 0.2) is 18.2 Å². The van der Waals surface area contributed by atoms with Crippen LogP contribution < -0.4 is 10.5 Å². The van der Waals surface area contributed by atoms with Gasteiger partial charge in [-0.2, -0.15) is 0 Å². The lowest BCUT2D eigenvalue weighted by Gasteiger charge is -2.42. The maximum Gasteiger partial charge on any atom is 0.227 e. The molecule has 1 unspecified atom stereocenters. The van der Waals surface area contributed by atoms with Crippen LogP contribution in [0.1, 0.15) is 31.4 Å². The predicted octanol–water partition coefficient (Wildman–Crippen LogP) is 2.13. The first-order chi connectivity index (χ1) is 9.83. The van der Waals surface area contributed by atoms with Gasteiger partial charge in [0.15, 0.2) is 0 Å². The number of carbonyl (C=O) groups excluding carboxylic acids is 1. The van der Waals surface area contributed by atoms with E-state index in [0.29, 0.717) is 6.42 Å². The molecule has 1 aliphatic heterocycles. The normalized spacial score (nSPS) is 21.2. The average Bonchev–Trinajstić information content (AvgIpc) is 2.42. The molecule has 1 amide bonds. The Hall–Kier alpha value is -1.55. The summed E-state index contributed by atoms with van der Waals surface area (Å²) in [5.41, 5.74) is 8.20. The molecule has 0 radical (unpaired) electrons. The molecule has 4 heteroatoms. The average molecular weight is 290 g/mol. The van der Waals surface area contributed by atoms with Crippen LogP contribution in [0.5, 0.6) is 5.75 Å². The summed E-state index contributed by atoms with van der Waals surface area (Å²) < 4.78 is 5.36. The van der Waals surface area contributed by atoms with Crippen molar-refractivity contribution in [2.24, 2.45) is 11.1 Å². The maximum absolute atomic E-state index is 12.6. The fraction of sp³-hybridized carbons (Fsp3) is 0.588. The van der Waals surface area contributed by atoms with Gasteiger partial charge in [0.05, 0.1) is 13.5 Å². The third-order valence-corrected chi connectivity index (χ3v) is 4.44. The molecule has 1 aromatic rings. The van der Waals surface area contributed by atoms with Gasteiger partial charge in [-0.3, -0.25) is 4.79 Å². The molecule has 1 aliphatic rings. The van der Waals surface area contributed by atoms with Crippen molar-refractivity contribution >= 4 is 5.91 Å². The van der Waals surface area contributed by atoms with Gasteiger partial charge in [-0.25, -0.2) is 0 Å². The predicted molar refractivity (Wildman–Crippen MR) is 84.4 cm³/mol. The van der Waals surface area contributed by atoms with Crippen LogP contribution in [-0.4, -0.2) is 37.0 Å². The zero-order valence-corrected chi connectivity index (χ0v) is 13.5. The first-order valence-corrected chi connectivity index (χ1v) is 7.50. The van der Waals surface area contributed by atoms with Gasteiger partial charge >= 0.3 is 0 Å². The highest BCUT2D eigenvalue weighted by molar-refractivity contribution is 5.79. The van der Waals surface area contributed by atoms with Crippen LogP contribution in [0.4, 0.5) is 0 Å². The lowest BCUT2D eigenvalue weighted by molar-refractivity contribution is -0.133. The van der Waals surface area contributed by atoms with Gasteiger partial charge in [-0.1, -0.05) is 31.5 Å². The second kappa shape index (κ2) is 6.06. The summed E-state index contributed by atoms with van der Waals surface area (Å²) in [7, 11) is 1.64. The Labute approximate surface area is 127 Å². The third-order valence-electron chi connectivity index (χ3n) is 4.44. The molecule has 116 valence electrons. The molecule has 2 N–H and O–H groups in total. The highest BCUT2D eigenvalue weighted by Gasteiger charge is 2.35. The van der Waals surface area contributed by atoms with Gasteiger partial charge in [-0.05, 0) is 24.8 Å². The summed E-state index contributed by atoms with van der Waals surface area (Å²) in [4.78, 5) is 14.5. The Balaban J connectivity index is 2.10. The molecular formula is C17H26N2O2. The van der Waals surface area contributed by atoms with E-state index >= 15 is 0 Å². The number of aryl methyl sites for hydroxylation is 1. The van der Waals surface area contributed by atoms with E-state index in [1.807, 2.05) is 30.0 Å². The topological polar surface area (TPSA) is 55.6 Å². The highest BCUT2D eigenvalue weighted by atomic mass is 16.5. The largest absolute Gasteiger partial charge is 0.496 e. The van der Waals surface area contributed by atoms with Crippen LogP contribution in [0.3, 0.4) is 0 Å². The van der Waals surface area contributed by atoms with E-state index < -0.39 is 0 Å². The number of amides is 1. The van der Waals surface area contributed by atoms with Crippen molar-refractivity contribution in [3.05, 3.63) is 29.3 Å². The van der Waals surface area contributed by atoms with E-state index in [1.165, 1.54) is 0 Å². The zero-order valence-electron chi connectivity index (χ0n) is 13.5. The molecule has 0 spiro atoms. The van der Waals surface area contributed by atoms with E-state index in [9.17, 15) is 4.79 Å². The number of hydrogen-bond acceptors (Lipinski definition) is 3. The summed E-state index contributed by atoms with van der Waals surface area (Å²) in [6.07, 6.45) is 1.25. The van der Waals surface area contributed by atoms with Crippen molar-refractivity contribution in [2.75, 3.05) is 20.2 Å². The zero-order chi connectivity index (χ0) is 15.6. The minimum atomic E-state index is -0.0232. The summed E-state index contributed by atoms with van der Waals surface area (Å²) in [6, 6.07) is 6.11. The smallest absolute Gasteiger partial charge is 0.227 e. The van der Waals surface area contributed by atoms with Crippen molar-refractivity contribution in [3.63, 3.8) is 0 Å². The summed E-state index contributed by atoms with van der Waals surface area (Å²) in [6.45, 7) is 7.75. The molecule has 21 heavy (non-hydrogen) atoms. The third kappa shape index (κ3) is 3.56. The van der Waals surface area contributed by atoms with E-state index in [2.05, 4.69) is 13.8 Å². The van der Waals surface area contributed by atoms with Crippen LogP contribution in [0.2, 0.25) is 0 Å². The minimum absolute atomic E-state index is 0.0232. The van der Waals surface area contributed by atoms with Crippen molar-refractivity contribution in [1.82, 2.24) is 4.90 Å². The van der Waals surface area contributed by atoms with Crippen LogP contribution >= 0.6 is 0 Å². The number of carbonyl (C=O) groups is 1. The Kier molecular flexibility index (Phi) is 4.57. The second-order valence-corrected chi connectivity index (χ2v) is 6.69. The van der Waals surface area contributed by atoms with Crippen LogP contribution in [0.25, 0.3) is 0 Å². The number of ether oxygens (including phenoxy) is 1. The van der Waals surface area contributed by atoms with Gasteiger partial charge in [-0.15, -0.1) is 0 Å². The van der Waals surface area contributed by atoms with Crippen LogP contribution in [-0.2, 0) is 11.2 Å². The van der Waals surface area contributed by atoms with E-state index in [4.69, 9.17) is 10.5 Å². The SMILES string of the molecule is COc1ccc(C)cc1CC(=O)N1CCC(N)C(C)(C)C1. The number of likely N-dealkylation sites (tertiary alicyclic amines) is 1. The fourth-order valence-corrected chi connectivity index (χ4v) is 2.91. The van der Waals surface area contributed by atoms with E-state index in [-0.39, 0.29) is 17.4 Å². The van der Waals surface area contributed by atoms with Crippen molar-refractivity contribution < 1.29 is 9.53 Å². The standard InChI is InChI=1S/C17H26N2O2/c1-12-5-6-14(21-4)13(9-12)10-16(20)19-8-7-15(18)17(2,3)11-19/h5-6,9,15H,7-8,10-11,18H2,1-4H3. The molecule has 1 atom stereocenters. The number of piperidine rings is 1. The summed E-state index contributed by atoms with van der Waals surface area (Å²) in [5, 5.41) is 0. The Bertz CT molecular complexity index is 526. The molecule has 0 saturated carbocycles. The Morgan fingerprint density at radius 1 is 1.48 bits per heavy atom.